The third kappa shape index (κ3) is 4.29. The summed E-state index contributed by atoms with van der Waals surface area (Å²) in [6.07, 6.45) is 2.81. The summed E-state index contributed by atoms with van der Waals surface area (Å²) in [7, 11) is -1.87. The maximum absolute atomic E-state index is 13.3. The Balaban J connectivity index is 1.95. The number of nitrogens with zero attached hydrogens (tertiary/aromatic N) is 3. The van der Waals surface area contributed by atoms with Gasteiger partial charge in [-0.3, -0.25) is 14.2 Å². The molecule has 32 heavy (non-hydrogen) atoms. The second-order valence-electron chi connectivity index (χ2n) is 7.99. The zero-order valence-electron chi connectivity index (χ0n) is 18.2. The maximum atomic E-state index is 13.3. The molecule has 0 aliphatic rings. The molecule has 9 heteroatoms. The summed E-state index contributed by atoms with van der Waals surface area (Å²) in [5.74, 6) is -0.317. The van der Waals surface area contributed by atoms with Gasteiger partial charge in [-0.1, -0.05) is 12.1 Å². The van der Waals surface area contributed by atoms with Crippen molar-refractivity contribution < 1.29 is 12.8 Å². The molecule has 166 valence electrons. The van der Waals surface area contributed by atoms with Crippen molar-refractivity contribution in [3.63, 3.8) is 0 Å². The third-order valence-electron chi connectivity index (χ3n) is 5.26. The highest BCUT2D eigenvalue weighted by molar-refractivity contribution is 7.92. The van der Waals surface area contributed by atoms with Crippen molar-refractivity contribution >= 4 is 26.6 Å². The number of fused-ring (bicyclic) bond motifs is 1. The molecule has 2 aromatic carbocycles. The minimum absolute atomic E-state index is 0.0958. The van der Waals surface area contributed by atoms with E-state index < -0.39 is 10.0 Å². The largest absolute Gasteiger partial charge is 0.318 e. The highest BCUT2D eigenvalue weighted by Gasteiger charge is 2.17. The number of benzene rings is 2. The van der Waals surface area contributed by atoms with E-state index >= 15 is 0 Å². The van der Waals surface area contributed by atoms with E-state index in [0.717, 1.165) is 28.5 Å². The van der Waals surface area contributed by atoms with Crippen molar-refractivity contribution in [2.75, 3.05) is 11.0 Å². The van der Waals surface area contributed by atoms with E-state index in [-0.39, 0.29) is 11.4 Å². The molecular formula is C23H23FN4O3S. The van der Waals surface area contributed by atoms with Crippen LogP contribution in [0.5, 0.6) is 0 Å². The van der Waals surface area contributed by atoms with Crippen LogP contribution in [-0.4, -0.2) is 29.0 Å². The second-order valence-corrected chi connectivity index (χ2v) is 9.74. The molecule has 4 rings (SSSR count). The van der Waals surface area contributed by atoms with Crippen molar-refractivity contribution in [2.45, 2.75) is 20.4 Å². The summed E-state index contributed by atoms with van der Waals surface area (Å²) in [6.45, 7) is 3.94. The Morgan fingerprint density at radius 3 is 2.38 bits per heavy atom. The van der Waals surface area contributed by atoms with Crippen LogP contribution in [0.4, 0.5) is 10.1 Å². The topological polar surface area (TPSA) is 86.0 Å². The lowest BCUT2D eigenvalue weighted by atomic mass is 10.0. The minimum Gasteiger partial charge on any atom is -0.318 e. The Morgan fingerprint density at radius 1 is 1.06 bits per heavy atom. The van der Waals surface area contributed by atoms with Crippen LogP contribution < -0.4 is 10.3 Å². The molecule has 0 fully saturated rings. The summed E-state index contributed by atoms with van der Waals surface area (Å²) >= 11 is 0. The van der Waals surface area contributed by atoms with Crippen LogP contribution in [-0.2, 0) is 23.6 Å². The molecule has 0 saturated carbocycles. The monoisotopic (exact) mass is 454 g/mol. The summed E-state index contributed by atoms with van der Waals surface area (Å²) < 4.78 is 43.3. The fraction of sp³-hybridized carbons (Fsp3) is 0.217. The Kier molecular flexibility index (Phi) is 5.37. The SMILES string of the molecule is Cc1cc(-c2cc(NS(C)(=O)=O)c3c(C)nn(Cc4ccc(F)cc4)c3c2)cn(C)c1=O. The lowest BCUT2D eigenvalue weighted by Gasteiger charge is -2.12. The normalized spacial score (nSPS) is 11.8. The first-order valence-corrected chi connectivity index (χ1v) is 11.8. The van der Waals surface area contributed by atoms with Gasteiger partial charge in [0.2, 0.25) is 10.0 Å². The quantitative estimate of drug-likeness (QED) is 0.500. The van der Waals surface area contributed by atoms with Crippen molar-refractivity contribution in [3.8, 4) is 11.1 Å². The van der Waals surface area contributed by atoms with Gasteiger partial charge in [-0.25, -0.2) is 12.8 Å². The highest BCUT2D eigenvalue weighted by atomic mass is 32.2. The molecule has 0 atom stereocenters. The Labute approximate surface area is 185 Å². The number of hydrogen-bond donors (Lipinski definition) is 1. The van der Waals surface area contributed by atoms with Gasteiger partial charge < -0.3 is 4.57 Å². The van der Waals surface area contributed by atoms with Crippen molar-refractivity contribution in [2.24, 2.45) is 7.05 Å². The molecule has 0 aliphatic carbocycles. The lowest BCUT2D eigenvalue weighted by molar-refractivity contribution is 0.607. The van der Waals surface area contributed by atoms with E-state index in [1.165, 1.54) is 16.7 Å². The predicted octanol–water partition coefficient (Wildman–Crippen LogP) is 3.58. The fourth-order valence-electron chi connectivity index (χ4n) is 3.86. The molecule has 0 unspecified atom stereocenters. The number of rotatable bonds is 5. The summed E-state index contributed by atoms with van der Waals surface area (Å²) in [4.78, 5) is 12.1. The standard InChI is InChI=1S/C23H23FN4O3S/c1-14-9-18(13-27(3)23(14)29)17-10-20(26-32(4,30)31)22-15(2)25-28(21(22)11-17)12-16-5-7-19(24)8-6-16/h5-11,13,26H,12H2,1-4H3. The third-order valence-corrected chi connectivity index (χ3v) is 5.86. The maximum Gasteiger partial charge on any atom is 0.253 e. The van der Waals surface area contributed by atoms with Gasteiger partial charge in [0.1, 0.15) is 5.82 Å². The molecule has 0 amide bonds. The number of pyridine rings is 1. The number of aromatic nitrogens is 3. The van der Waals surface area contributed by atoms with Crippen LogP contribution in [0.25, 0.3) is 22.0 Å². The number of aryl methyl sites for hydroxylation is 3. The smallest absolute Gasteiger partial charge is 0.253 e. The molecule has 0 radical (unpaired) electrons. The Morgan fingerprint density at radius 2 is 1.75 bits per heavy atom. The molecule has 0 spiro atoms. The molecule has 0 bridgehead atoms. The van der Waals surface area contributed by atoms with Gasteiger partial charge in [0.15, 0.2) is 0 Å². The van der Waals surface area contributed by atoms with E-state index in [9.17, 15) is 17.6 Å². The number of halogens is 1. The van der Waals surface area contributed by atoms with Crippen LogP contribution >= 0.6 is 0 Å². The van der Waals surface area contributed by atoms with E-state index in [0.29, 0.717) is 28.9 Å². The Bertz CT molecular complexity index is 1480. The lowest BCUT2D eigenvalue weighted by Crippen LogP contribution is -2.18. The van der Waals surface area contributed by atoms with Gasteiger partial charge in [-0.05, 0) is 60.9 Å². The summed E-state index contributed by atoms with van der Waals surface area (Å²) in [5.41, 5.74) is 4.66. The van der Waals surface area contributed by atoms with Gasteiger partial charge in [0.25, 0.3) is 5.56 Å². The van der Waals surface area contributed by atoms with Crippen molar-refractivity contribution in [1.82, 2.24) is 14.3 Å². The van der Waals surface area contributed by atoms with Crippen LogP contribution in [0.1, 0.15) is 16.8 Å². The molecule has 1 N–H and O–H groups in total. The average Bonchev–Trinajstić information content (AvgIpc) is 3.02. The number of nitrogens with one attached hydrogen (secondary N) is 1. The number of hydrogen-bond acceptors (Lipinski definition) is 4. The van der Waals surface area contributed by atoms with Gasteiger partial charge in [0.05, 0.1) is 29.7 Å². The molecule has 2 aromatic heterocycles. The van der Waals surface area contributed by atoms with Gasteiger partial charge in [0, 0.05) is 24.2 Å². The van der Waals surface area contributed by atoms with Crippen LogP contribution in [0, 0.1) is 19.7 Å². The predicted molar refractivity (Wildman–Crippen MR) is 124 cm³/mol. The fourth-order valence-corrected chi connectivity index (χ4v) is 4.42. The zero-order valence-corrected chi connectivity index (χ0v) is 19.0. The average molecular weight is 455 g/mol. The molecule has 4 aromatic rings. The Hall–Kier alpha value is -3.46. The molecular weight excluding hydrogens is 431 g/mol. The van der Waals surface area contributed by atoms with Gasteiger partial charge >= 0.3 is 0 Å². The number of anilines is 1. The van der Waals surface area contributed by atoms with Gasteiger partial charge in [-0.15, -0.1) is 0 Å². The van der Waals surface area contributed by atoms with Gasteiger partial charge in [-0.2, -0.15) is 5.10 Å². The zero-order chi connectivity index (χ0) is 23.2. The summed E-state index contributed by atoms with van der Waals surface area (Å²) in [6, 6.07) is 11.6. The molecule has 7 nitrogen and oxygen atoms in total. The first kappa shape index (κ1) is 21.8. The molecule has 0 saturated heterocycles. The van der Waals surface area contributed by atoms with Crippen LogP contribution in [0.2, 0.25) is 0 Å². The molecule has 2 heterocycles. The van der Waals surface area contributed by atoms with E-state index in [4.69, 9.17) is 0 Å². The van der Waals surface area contributed by atoms with E-state index in [1.807, 2.05) is 13.0 Å². The van der Waals surface area contributed by atoms with Crippen molar-refractivity contribution in [1.29, 1.82) is 0 Å². The van der Waals surface area contributed by atoms with Crippen molar-refractivity contribution in [3.05, 3.63) is 81.7 Å². The van der Waals surface area contributed by atoms with Crippen LogP contribution in [0.15, 0.2) is 53.5 Å². The second kappa shape index (κ2) is 7.90. The highest BCUT2D eigenvalue weighted by Crippen LogP contribution is 2.34. The molecule has 0 aliphatic heterocycles. The first-order chi connectivity index (χ1) is 15.0. The van der Waals surface area contributed by atoms with E-state index in [1.54, 1.807) is 49.1 Å². The summed E-state index contributed by atoms with van der Waals surface area (Å²) in [5, 5.41) is 5.30. The van der Waals surface area contributed by atoms with Crippen LogP contribution in [0.3, 0.4) is 0 Å². The van der Waals surface area contributed by atoms with E-state index in [2.05, 4.69) is 9.82 Å². The first-order valence-electron chi connectivity index (χ1n) is 9.93. The number of sulfonamides is 1. The minimum atomic E-state index is -3.55.